The van der Waals surface area contributed by atoms with Crippen molar-refractivity contribution in [3.63, 3.8) is 0 Å². The van der Waals surface area contributed by atoms with Gasteiger partial charge in [-0.1, -0.05) is 35.9 Å². The number of carbonyl (C=O) groups excluding carboxylic acids is 1. The molecule has 0 bridgehead atoms. The summed E-state index contributed by atoms with van der Waals surface area (Å²) in [7, 11) is 0. The maximum atomic E-state index is 14.1. The van der Waals surface area contributed by atoms with Crippen molar-refractivity contribution in [2.45, 2.75) is 37.8 Å². The minimum absolute atomic E-state index is 0.137. The lowest BCUT2D eigenvalue weighted by Crippen LogP contribution is -2.42. The average molecular weight is 467 g/mol. The van der Waals surface area contributed by atoms with E-state index in [1.165, 1.54) is 12.4 Å². The molecular formula is C25H24ClFN4O2. The third-order valence-electron chi connectivity index (χ3n) is 6.28. The van der Waals surface area contributed by atoms with E-state index in [0.29, 0.717) is 36.6 Å². The lowest BCUT2D eigenvalue weighted by Gasteiger charge is -2.31. The van der Waals surface area contributed by atoms with Crippen molar-refractivity contribution in [1.82, 2.24) is 20.2 Å². The van der Waals surface area contributed by atoms with Crippen LogP contribution < -0.4 is 10.1 Å². The Balaban J connectivity index is 1.36. The Morgan fingerprint density at radius 2 is 2.06 bits per heavy atom. The highest BCUT2D eigenvalue weighted by Crippen LogP contribution is 2.36. The molecule has 170 valence electrons. The average Bonchev–Trinajstić information content (AvgIpc) is 3.32. The van der Waals surface area contributed by atoms with Crippen LogP contribution in [0.2, 0.25) is 5.02 Å². The van der Waals surface area contributed by atoms with Crippen LogP contribution in [0.3, 0.4) is 0 Å². The molecule has 1 N–H and O–H groups in total. The van der Waals surface area contributed by atoms with E-state index in [4.69, 9.17) is 16.3 Å². The maximum absolute atomic E-state index is 14.1. The Morgan fingerprint density at radius 1 is 1.21 bits per heavy atom. The number of urea groups is 1. The summed E-state index contributed by atoms with van der Waals surface area (Å²) in [6.45, 7) is 1.000. The minimum Gasteiger partial charge on any atom is -0.490 e. The Morgan fingerprint density at radius 3 is 2.91 bits per heavy atom. The first-order chi connectivity index (χ1) is 16.1. The normalized spacial score (nSPS) is 19.6. The van der Waals surface area contributed by atoms with Gasteiger partial charge in [-0.3, -0.25) is 0 Å². The number of ether oxygens (including phenoxy) is 1. The number of nitrogens with zero attached hydrogens (tertiary/aromatic N) is 3. The number of halogens is 2. The summed E-state index contributed by atoms with van der Waals surface area (Å²) in [6.07, 6.45) is 6.33. The first-order valence-electron chi connectivity index (χ1n) is 11.1. The summed E-state index contributed by atoms with van der Waals surface area (Å²) in [6, 6.07) is 11.9. The molecule has 6 nitrogen and oxygen atoms in total. The molecule has 0 spiro atoms. The molecule has 5 rings (SSSR count). The first-order valence-corrected chi connectivity index (χ1v) is 11.5. The fourth-order valence-corrected chi connectivity index (χ4v) is 4.81. The fourth-order valence-electron chi connectivity index (χ4n) is 4.69. The number of carbonyl (C=O) groups is 1. The third-order valence-corrected chi connectivity index (χ3v) is 6.54. The highest BCUT2D eigenvalue weighted by atomic mass is 35.5. The molecule has 2 aliphatic heterocycles. The van der Waals surface area contributed by atoms with E-state index in [-0.39, 0.29) is 23.9 Å². The molecule has 3 heterocycles. The quantitative estimate of drug-likeness (QED) is 0.571. The highest BCUT2D eigenvalue weighted by molar-refractivity contribution is 6.30. The molecule has 0 aliphatic carbocycles. The van der Waals surface area contributed by atoms with Gasteiger partial charge in [0.15, 0.2) is 11.6 Å². The number of amides is 2. The zero-order valence-corrected chi connectivity index (χ0v) is 18.8. The lowest BCUT2D eigenvalue weighted by molar-refractivity contribution is 0.179. The molecule has 2 atom stereocenters. The number of para-hydroxylation sites is 1. The van der Waals surface area contributed by atoms with Gasteiger partial charge in [0.2, 0.25) is 0 Å². The van der Waals surface area contributed by atoms with E-state index >= 15 is 0 Å². The van der Waals surface area contributed by atoms with Crippen LogP contribution in [-0.2, 0) is 6.42 Å². The largest absolute Gasteiger partial charge is 0.490 e. The smallest absolute Gasteiger partial charge is 0.318 e. The van der Waals surface area contributed by atoms with Gasteiger partial charge >= 0.3 is 6.03 Å². The second kappa shape index (κ2) is 9.35. The van der Waals surface area contributed by atoms with Crippen LogP contribution in [0.25, 0.3) is 0 Å². The molecule has 2 amide bonds. The second-order valence-corrected chi connectivity index (χ2v) is 8.82. The lowest BCUT2D eigenvalue weighted by atomic mass is 9.99. The fraction of sp³-hybridized carbons (Fsp3) is 0.320. The SMILES string of the molecule is O=C(NC1CCOc2c(F)cccc21)N1CCC[C@@H]1c1ncncc1Cc1ccc(Cl)cc1. The molecule has 33 heavy (non-hydrogen) atoms. The van der Waals surface area contributed by atoms with Crippen LogP contribution in [0.1, 0.15) is 53.7 Å². The van der Waals surface area contributed by atoms with Crippen molar-refractivity contribution < 1.29 is 13.9 Å². The number of nitrogens with one attached hydrogen (secondary N) is 1. The number of aromatic nitrogens is 2. The monoisotopic (exact) mass is 466 g/mol. The molecule has 3 aromatic rings. The van der Waals surface area contributed by atoms with Gasteiger partial charge in [0.25, 0.3) is 0 Å². The standard InChI is InChI=1S/C25H24ClFN4O2/c26-18-8-6-16(7-9-18)13-17-14-28-15-29-23(17)22-5-2-11-31(22)25(32)30-21-10-12-33-24-19(21)3-1-4-20(24)27/h1,3-4,6-9,14-15,21-22H,2,5,10-13H2,(H,30,32)/t21?,22-/m1/s1. The van der Waals surface area contributed by atoms with Crippen molar-refractivity contribution in [1.29, 1.82) is 0 Å². The topological polar surface area (TPSA) is 67.3 Å². The zero-order chi connectivity index (χ0) is 22.8. The van der Waals surface area contributed by atoms with E-state index < -0.39 is 5.82 Å². The van der Waals surface area contributed by atoms with Crippen molar-refractivity contribution in [2.24, 2.45) is 0 Å². The summed E-state index contributed by atoms with van der Waals surface area (Å²) in [5.74, 6) is -0.175. The van der Waals surface area contributed by atoms with Gasteiger partial charge in [0, 0.05) is 36.2 Å². The van der Waals surface area contributed by atoms with Crippen LogP contribution in [-0.4, -0.2) is 34.1 Å². The predicted molar refractivity (Wildman–Crippen MR) is 123 cm³/mol. The van der Waals surface area contributed by atoms with Crippen molar-refractivity contribution in [2.75, 3.05) is 13.2 Å². The zero-order valence-electron chi connectivity index (χ0n) is 18.0. The Hall–Kier alpha value is -3.19. The van der Waals surface area contributed by atoms with Crippen LogP contribution >= 0.6 is 11.6 Å². The molecule has 0 radical (unpaired) electrons. The molecule has 1 fully saturated rings. The molecule has 0 saturated carbocycles. The summed E-state index contributed by atoms with van der Waals surface area (Å²) < 4.78 is 19.6. The van der Waals surface area contributed by atoms with Gasteiger partial charge in [-0.2, -0.15) is 0 Å². The van der Waals surface area contributed by atoms with Crippen LogP contribution in [0.5, 0.6) is 5.75 Å². The summed E-state index contributed by atoms with van der Waals surface area (Å²) in [5, 5.41) is 3.79. The molecule has 2 aliphatic rings. The summed E-state index contributed by atoms with van der Waals surface area (Å²) in [5.41, 5.74) is 3.63. The third kappa shape index (κ3) is 4.50. The van der Waals surface area contributed by atoms with Gasteiger partial charge < -0.3 is 15.0 Å². The second-order valence-electron chi connectivity index (χ2n) is 8.39. The summed E-state index contributed by atoms with van der Waals surface area (Å²) in [4.78, 5) is 24.0. The number of hydrogen-bond donors (Lipinski definition) is 1. The number of hydrogen-bond acceptors (Lipinski definition) is 4. The molecule has 1 unspecified atom stereocenters. The Kier molecular flexibility index (Phi) is 6.13. The molecular weight excluding hydrogens is 443 g/mol. The Bertz CT molecular complexity index is 1160. The van der Waals surface area contributed by atoms with E-state index in [1.807, 2.05) is 35.4 Å². The van der Waals surface area contributed by atoms with Gasteiger partial charge in [-0.15, -0.1) is 0 Å². The van der Waals surface area contributed by atoms with Gasteiger partial charge in [0.05, 0.1) is 24.4 Å². The first kappa shape index (κ1) is 21.6. The Labute approximate surface area is 196 Å². The molecule has 2 aromatic carbocycles. The number of fused-ring (bicyclic) bond motifs is 1. The number of likely N-dealkylation sites (tertiary alicyclic amines) is 1. The predicted octanol–water partition coefficient (Wildman–Crippen LogP) is 5.23. The van der Waals surface area contributed by atoms with E-state index in [0.717, 1.165) is 29.7 Å². The van der Waals surface area contributed by atoms with Crippen molar-refractivity contribution >= 4 is 17.6 Å². The van der Waals surface area contributed by atoms with Crippen LogP contribution in [0, 0.1) is 5.82 Å². The van der Waals surface area contributed by atoms with Gasteiger partial charge in [-0.05, 0) is 42.2 Å². The highest BCUT2D eigenvalue weighted by Gasteiger charge is 2.34. The van der Waals surface area contributed by atoms with Gasteiger partial charge in [0.1, 0.15) is 6.33 Å². The van der Waals surface area contributed by atoms with Crippen molar-refractivity contribution in [3.05, 3.63) is 88.2 Å². The van der Waals surface area contributed by atoms with E-state index in [2.05, 4.69) is 15.3 Å². The van der Waals surface area contributed by atoms with Gasteiger partial charge in [-0.25, -0.2) is 19.2 Å². The minimum atomic E-state index is -0.404. The van der Waals surface area contributed by atoms with Crippen LogP contribution in [0.15, 0.2) is 55.0 Å². The number of benzene rings is 2. The number of rotatable bonds is 4. The van der Waals surface area contributed by atoms with E-state index in [1.54, 1.807) is 12.1 Å². The van der Waals surface area contributed by atoms with E-state index in [9.17, 15) is 9.18 Å². The molecule has 1 aromatic heterocycles. The molecule has 1 saturated heterocycles. The molecule has 8 heteroatoms. The maximum Gasteiger partial charge on any atom is 0.318 e. The van der Waals surface area contributed by atoms with Crippen LogP contribution in [0.4, 0.5) is 9.18 Å². The van der Waals surface area contributed by atoms with Crippen molar-refractivity contribution in [3.8, 4) is 5.75 Å². The summed E-state index contributed by atoms with van der Waals surface area (Å²) >= 11 is 6.02.